The van der Waals surface area contributed by atoms with Crippen molar-refractivity contribution in [2.75, 3.05) is 0 Å². The topological polar surface area (TPSA) is 73.0 Å². The number of carbonyl (C=O) groups is 1. The van der Waals surface area contributed by atoms with Gasteiger partial charge in [0.25, 0.3) is 11.5 Å². The Labute approximate surface area is 188 Å². The van der Waals surface area contributed by atoms with Gasteiger partial charge in [-0.15, -0.1) is 0 Å². The third-order valence-corrected chi connectivity index (χ3v) is 6.59. The van der Waals surface area contributed by atoms with Crippen molar-refractivity contribution in [2.24, 2.45) is 14.1 Å². The minimum absolute atomic E-state index is 0.0564. The van der Waals surface area contributed by atoms with Crippen LogP contribution in [0.4, 0.5) is 8.71 Å². The van der Waals surface area contributed by atoms with Crippen LogP contribution in [0.2, 0.25) is 0 Å². The molecule has 2 aliphatic heterocycles. The molecule has 7 nitrogen and oxygen atoms in total. The van der Waals surface area contributed by atoms with E-state index in [1.54, 1.807) is 38.6 Å². The van der Waals surface area contributed by atoms with Gasteiger partial charge >= 0.3 is 6.99 Å². The molecule has 1 unspecified atom stereocenters. The molecule has 33 heavy (non-hydrogen) atoms. The molecule has 0 saturated carbocycles. The van der Waals surface area contributed by atoms with E-state index in [0.29, 0.717) is 16.5 Å². The van der Waals surface area contributed by atoms with Crippen LogP contribution in [0.15, 0.2) is 47.7 Å². The van der Waals surface area contributed by atoms with E-state index in [1.807, 2.05) is 0 Å². The number of halogens is 2. The summed E-state index contributed by atoms with van der Waals surface area (Å²) in [5.41, 5.74) is 1.32. The van der Waals surface area contributed by atoms with Crippen LogP contribution in [0.3, 0.4) is 0 Å². The average Bonchev–Trinajstić information content (AvgIpc) is 3.29. The molecule has 1 atom stereocenters. The number of hydrogen-bond donors (Lipinski definition) is 0. The minimum atomic E-state index is -1.91. The van der Waals surface area contributed by atoms with Crippen molar-refractivity contribution in [3.05, 3.63) is 75.8 Å². The number of pyridine rings is 2. The average molecular weight is 441 g/mol. The summed E-state index contributed by atoms with van der Waals surface area (Å²) in [5, 5.41) is 2.91. The van der Waals surface area contributed by atoms with E-state index in [1.165, 1.54) is 27.6 Å². The first-order valence-corrected chi connectivity index (χ1v) is 10.3. The number of benzene rings is 1. The molecule has 1 aromatic carbocycles. The second-order valence-electron chi connectivity index (χ2n) is 8.53. The second kappa shape index (κ2) is 6.40. The van der Waals surface area contributed by atoms with Gasteiger partial charge in [0.1, 0.15) is 13.7 Å². The molecule has 11 heteroatoms. The zero-order chi connectivity index (χ0) is 23.2. The Balaban J connectivity index is 1.59. The van der Waals surface area contributed by atoms with Crippen molar-refractivity contribution in [2.45, 2.75) is 11.9 Å². The van der Waals surface area contributed by atoms with Crippen LogP contribution in [0.25, 0.3) is 22.0 Å². The lowest BCUT2D eigenvalue weighted by atomic mass is 9.37. The highest BCUT2D eigenvalue weighted by Gasteiger charge is 2.58. The van der Waals surface area contributed by atoms with E-state index in [-0.39, 0.29) is 39.9 Å². The van der Waals surface area contributed by atoms with Gasteiger partial charge in [-0.05, 0) is 29.2 Å². The molecule has 2 radical (unpaired) electrons. The van der Waals surface area contributed by atoms with Crippen molar-refractivity contribution in [3.8, 4) is 11.1 Å². The minimum Gasteiger partial charge on any atom is -0.335 e. The predicted octanol–water partition coefficient (Wildman–Crippen LogP) is 1.17. The zero-order valence-electron chi connectivity index (χ0n) is 17.7. The largest absolute Gasteiger partial charge is 0.404 e. The summed E-state index contributed by atoms with van der Waals surface area (Å²) in [6.45, 7) is -2.09. The molecule has 160 valence electrons. The van der Waals surface area contributed by atoms with E-state index in [0.717, 1.165) is 4.90 Å². The van der Waals surface area contributed by atoms with Gasteiger partial charge in [0.15, 0.2) is 5.52 Å². The van der Waals surface area contributed by atoms with Gasteiger partial charge in [-0.1, -0.05) is 6.07 Å². The smallest absolute Gasteiger partial charge is 0.335 e. The van der Waals surface area contributed by atoms with E-state index in [9.17, 15) is 9.59 Å². The molecule has 5 heterocycles. The number of amides is 1. The first-order valence-electron chi connectivity index (χ1n) is 10.3. The quantitative estimate of drug-likeness (QED) is 0.416. The van der Waals surface area contributed by atoms with Gasteiger partial charge in [-0.3, -0.25) is 19.3 Å². The lowest BCUT2D eigenvalue weighted by Crippen LogP contribution is -2.63. The normalized spacial score (nSPS) is 19.1. The number of hydrogen-bond acceptors (Lipinski definition) is 4. The standard InChI is InChI=1S/C22H15B2F2N5O2/c1-29-8-13(14-9-30(2)28-18(14)21(29)33)11-6-16-15(17(25)7-11)10-31-20(32)12-4-3-5-27-19(12)22(31,23)24(16)26/h3-9H,10H2,1-2H3. The summed E-state index contributed by atoms with van der Waals surface area (Å²) in [7, 11) is 9.75. The molecule has 2 aliphatic rings. The van der Waals surface area contributed by atoms with Gasteiger partial charge in [0.05, 0.1) is 16.6 Å². The third kappa shape index (κ3) is 2.44. The van der Waals surface area contributed by atoms with Crippen LogP contribution in [-0.4, -0.2) is 45.0 Å². The van der Waals surface area contributed by atoms with Crippen LogP contribution in [-0.2, 0) is 26.0 Å². The van der Waals surface area contributed by atoms with Gasteiger partial charge in [-0.2, -0.15) is 5.10 Å². The van der Waals surface area contributed by atoms with Crippen molar-refractivity contribution >= 4 is 37.1 Å². The van der Waals surface area contributed by atoms with Crippen LogP contribution < -0.4 is 11.0 Å². The Morgan fingerprint density at radius 2 is 1.97 bits per heavy atom. The Hall–Kier alpha value is -3.75. The van der Waals surface area contributed by atoms with E-state index in [4.69, 9.17) is 7.85 Å². The molecule has 0 N–H and O–H groups in total. The van der Waals surface area contributed by atoms with Gasteiger partial charge < -0.3 is 13.8 Å². The molecule has 0 saturated heterocycles. The van der Waals surface area contributed by atoms with Crippen LogP contribution in [0.1, 0.15) is 21.6 Å². The first-order chi connectivity index (χ1) is 15.7. The van der Waals surface area contributed by atoms with E-state index < -0.39 is 24.1 Å². The Bertz CT molecular complexity index is 1580. The molecule has 4 aromatic rings. The molecule has 0 fully saturated rings. The maximum absolute atomic E-state index is 16.1. The fourth-order valence-corrected chi connectivity index (χ4v) is 4.96. The zero-order valence-corrected chi connectivity index (χ0v) is 17.7. The van der Waals surface area contributed by atoms with Gasteiger partial charge in [-0.25, -0.2) is 4.39 Å². The summed E-state index contributed by atoms with van der Waals surface area (Å²) in [4.78, 5) is 30.7. The van der Waals surface area contributed by atoms with Crippen LogP contribution in [0, 0.1) is 5.82 Å². The van der Waals surface area contributed by atoms with Crippen molar-refractivity contribution in [1.82, 2.24) is 24.2 Å². The monoisotopic (exact) mass is 441 g/mol. The number of carbonyl (C=O) groups excluding carboxylic acids is 1. The van der Waals surface area contributed by atoms with Crippen LogP contribution in [0.5, 0.6) is 0 Å². The highest BCUT2D eigenvalue weighted by molar-refractivity contribution is 6.77. The first kappa shape index (κ1) is 19.9. The molecule has 6 rings (SSSR count). The lowest BCUT2D eigenvalue weighted by molar-refractivity contribution is 0.0715. The SMILES string of the molecule is [B]C12B(F)c3cc(-c4cn(C)c(=O)c5nn(C)cc45)cc(F)c3CN1C(=O)c1cccnc12. The lowest BCUT2D eigenvalue weighted by Gasteiger charge is -2.42. The predicted molar refractivity (Wildman–Crippen MR) is 119 cm³/mol. The number of rotatable bonds is 1. The summed E-state index contributed by atoms with van der Waals surface area (Å²) < 4.78 is 34.3. The fourth-order valence-electron chi connectivity index (χ4n) is 4.96. The van der Waals surface area contributed by atoms with Crippen LogP contribution >= 0.6 is 0 Å². The highest BCUT2D eigenvalue weighted by atomic mass is 19.1. The molecule has 0 spiro atoms. The number of aryl methyl sites for hydroxylation is 2. The highest BCUT2D eigenvalue weighted by Crippen LogP contribution is 2.42. The van der Waals surface area contributed by atoms with E-state index >= 15 is 8.71 Å². The van der Waals surface area contributed by atoms with Crippen molar-refractivity contribution < 1.29 is 13.5 Å². The summed E-state index contributed by atoms with van der Waals surface area (Å²) in [6.07, 6.45) is 4.69. The van der Waals surface area contributed by atoms with Crippen molar-refractivity contribution in [1.29, 1.82) is 0 Å². The number of aromatic nitrogens is 4. The maximum Gasteiger partial charge on any atom is 0.404 e. The molecule has 3 aromatic heterocycles. The van der Waals surface area contributed by atoms with Gasteiger partial charge in [0.2, 0.25) is 0 Å². The number of nitrogens with zero attached hydrogens (tertiary/aromatic N) is 5. The Kier molecular flexibility index (Phi) is 3.86. The molecule has 0 aliphatic carbocycles. The fraction of sp³-hybridized carbons (Fsp3) is 0.182. The Morgan fingerprint density at radius 1 is 1.18 bits per heavy atom. The molecular weight excluding hydrogens is 426 g/mol. The molecular formula is C22H15B2F2N5O2. The third-order valence-electron chi connectivity index (χ3n) is 6.59. The second-order valence-corrected chi connectivity index (χ2v) is 8.53. The summed E-state index contributed by atoms with van der Waals surface area (Å²) >= 11 is 0. The van der Waals surface area contributed by atoms with Crippen molar-refractivity contribution in [3.63, 3.8) is 0 Å². The van der Waals surface area contributed by atoms with E-state index in [2.05, 4.69) is 10.1 Å². The molecule has 1 amide bonds. The summed E-state index contributed by atoms with van der Waals surface area (Å²) in [5.74, 6) is -1.14. The Morgan fingerprint density at radius 3 is 2.76 bits per heavy atom. The molecule has 0 bridgehead atoms. The summed E-state index contributed by atoms with van der Waals surface area (Å²) in [6, 6.07) is 5.94. The van der Waals surface area contributed by atoms with Gasteiger partial charge in [0, 0.05) is 55.7 Å². The number of fused-ring (bicyclic) bond motifs is 5. The maximum atomic E-state index is 16.1.